The van der Waals surface area contributed by atoms with Crippen LogP contribution in [0.2, 0.25) is 5.02 Å². The number of nitrogens with zero attached hydrogens (tertiary/aromatic N) is 2. The van der Waals surface area contributed by atoms with Crippen LogP contribution in [-0.4, -0.2) is 64.7 Å². The number of carbonyl (C=O) groups is 1. The Morgan fingerprint density at radius 3 is 2.50 bits per heavy atom. The van der Waals surface area contributed by atoms with Gasteiger partial charge < -0.3 is 9.80 Å². The lowest BCUT2D eigenvalue weighted by atomic mass is 10.1. The fourth-order valence-corrected chi connectivity index (χ4v) is 5.06. The summed E-state index contributed by atoms with van der Waals surface area (Å²) in [5, 5.41) is 0.310. The van der Waals surface area contributed by atoms with E-state index in [0.717, 1.165) is 19.5 Å². The highest BCUT2D eigenvalue weighted by Gasteiger charge is 2.28. The maximum absolute atomic E-state index is 12.6. The van der Waals surface area contributed by atoms with E-state index in [-0.39, 0.29) is 11.7 Å². The summed E-state index contributed by atoms with van der Waals surface area (Å²) in [4.78, 5) is 15.9. The van der Waals surface area contributed by atoms with Crippen LogP contribution in [0.5, 0.6) is 0 Å². The van der Waals surface area contributed by atoms with Crippen LogP contribution < -0.4 is 9.21 Å². The van der Waals surface area contributed by atoms with Crippen LogP contribution >= 0.6 is 11.6 Å². The largest absolute Gasteiger partial charge is 0.334 e. The van der Waals surface area contributed by atoms with Gasteiger partial charge in [0, 0.05) is 6.54 Å². The zero-order valence-electron chi connectivity index (χ0n) is 13.8. The Bertz CT molecular complexity index is 730. The second-order valence-electron chi connectivity index (χ2n) is 6.51. The standard InChI is InChI=1S/C16H22ClN3O3S/c1-18-7-9-19(10-8-18)16(21)14-5-4-13(12-15(14)17)20-6-2-3-11-24(20,22)23/h4-5,12H,2-3,6-11H2,1H3/p+1. The van der Waals surface area contributed by atoms with Gasteiger partial charge in [0.15, 0.2) is 0 Å². The molecule has 2 heterocycles. The second-order valence-corrected chi connectivity index (χ2v) is 8.93. The molecule has 0 atom stereocenters. The fourth-order valence-electron chi connectivity index (χ4n) is 3.17. The number of hydrogen-bond donors (Lipinski definition) is 1. The predicted molar refractivity (Wildman–Crippen MR) is 94.3 cm³/mol. The molecule has 0 spiro atoms. The highest BCUT2D eigenvalue weighted by atomic mass is 35.5. The minimum Gasteiger partial charge on any atom is -0.334 e. The molecule has 0 saturated carbocycles. The molecule has 0 unspecified atom stereocenters. The Kier molecular flexibility index (Phi) is 5.03. The summed E-state index contributed by atoms with van der Waals surface area (Å²) < 4.78 is 25.8. The monoisotopic (exact) mass is 372 g/mol. The van der Waals surface area contributed by atoms with Crippen molar-refractivity contribution in [2.75, 3.05) is 49.8 Å². The molecule has 1 N–H and O–H groups in total. The lowest BCUT2D eigenvalue weighted by Gasteiger charge is -2.31. The molecule has 0 aromatic heterocycles. The number of benzene rings is 1. The fraction of sp³-hybridized carbons (Fsp3) is 0.562. The quantitative estimate of drug-likeness (QED) is 0.809. The van der Waals surface area contributed by atoms with E-state index in [4.69, 9.17) is 11.6 Å². The molecule has 2 aliphatic rings. The van der Waals surface area contributed by atoms with Gasteiger partial charge in [-0.2, -0.15) is 0 Å². The number of rotatable bonds is 2. The summed E-state index contributed by atoms with van der Waals surface area (Å²) in [6.45, 7) is 3.74. The van der Waals surface area contributed by atoms with Gasteiger partial charge in [0.05, 0.1) is 55.3 Å². The van der Waals surface area contributed by atoms with Gasteiger partial charge in [0.25, 0.3) is 5.91 Å². The number of amides is 1. The minimum atomic E-state index is -3.28. The number of nitrogens with one attached hydrogen (secondary N) is 1. The molecule has 2 fully saturated rings. The maximum Gasteiger partial charge on any atom is 0.255 e. The third kappa shape index (κ3) is 3.53. The first-order chi connectivity index (χ1) is 11.4. The molecule has 0 radical (unpaired) electrons. The smallest absolute Gasteiger partial charge is 0.255 e. The first-order valence-electron chi connectivity index (χ1n) is 8.29. The van der Waals surface area contributed by atoms with Crippen molar-refractivity contribution >= 4 is 33.2 Å². The summed E-state index contributed by atoms with van der Waals surface area (Å²) in [5.74, 6) is 0.0788. The Hall–Kier alpha value is -1.31. The molecule has 3 rings (SSSR count). The van der Waals surface area contributed by atoms with Crippen molar-refractivity contribution in [2.24, 2.45) is 0 Å². The van der Waals surface area contributed by atoms with Gasteiger partial charge in [0.2, 0.25) is 10.0 Å². The number of piperazine rings is 1. The van der Waals surface area contributed by atoms with E-state index < -0.39 is 10.0 Å². The van der Waals surface area contributed by atoms with Crippen LogP contribution in [0, 0.1) is 0 Å². The lowest BCUT2D eigenvalue weighted by Crippen LogP contribution is -3.12. The molecule has 1 aromatic rings. The Morgan fingerprint density at radius 1 is 1.17 bits per heavy atom. The topological polar surface area (TPSA) is 62.1 Å². The normalized spacial score (nSPS) is 21.8. The van der Waals surface area contributed by atoms with Gasteiger partial charge in [-0.15, -0.1) is 0 Å². The summed E-state index contributed by atoms with van der Waals surface area (Å²) >= 11 is 6.31. The summed E-state index contributed by atoms with van der Waals surface area (Å²) in [7, 11) is -1.16. The first-order valence-corrected chi connectivity index (χ1v) is 10.3. The van der Waals surface area contributed by atoms with Crippen LogP contribution in [0.15, 0.2) is 18.2 Å². The third-order valence-electron chi connectivity index (χ3n) is 4.72. The van der Waals surface area contributed by atoms with Crippen LogP contribution in [-0.2, 0) is 10.0 Å². The molecule has 6 nitrogen and oxygen atoms in total. The van der Waals surface area contributed by atoms with E-state index in [1.165, 1.54) is 9.21 Å². The molecule has 0 bridgehead atoms. The number of likely N-dealkylation sites (N-methyl/N-ethyl adjacent to an activating group) is 1. The third-order valence-corrected chi connectivity index (χ3v) is 6.91. The van der Waals surface area contributed by atoms with Crippen molar-refractivity contribution in [3.05, 3.63) is 28.8 Å². The van der Waals surface area contributed by atoms with Crippen molar-refractivity contribution in [3.63, 3.8) is 0 Å². The highest BCUT2D eigenvalue weighted by Crippen LogP contribution is 2.29. The van der Waals surface area contributed by atoms with Gasteiger partial charge in [-0.1, -0.05) is 11.6 Å². The van der Waals surface area contributed by atoms with Crippen LogP contribution in [0.1, 0.15) is 23.2 Å². The van der Waals surface area contributed by atoms with Crippen molar-refractivity contribution in [2.45, 2.75) is 12.8 Å². The van der Waals surface area contributed by atoms with Crippen LogP contribution in [0.3, 0.4) is 0 Å². The van der Waals surface area contributed by atoms with E-state index in [1.807, 2.05) is 4.90 Å². The van der Waals surface area contributed by atoms with Crippen LogP contribution in [0.25, 0.3) is 0 Å². The zero-order valence-corrected chi connectivity index (χ0v) is 15.4. The van der Waals surface area contributed by atoms with Crippen molar-refractivity contribution in [1.82, 2.24) is 4.90 Å². The molecule has 0 aliphatic carbocycles. The lowest BCUT2D eigenvalue weighted by molar-refractivity contribution is -0.883. The molecule has 1 amide bonds. The average molecular weight is 373 g/mol. The van der Waals surface area contributed by atoms with Gasteiger partial charge >= 0.3 is 0 Å². The van der Waals surface area contributed by atoms with Gasteiger partial charge in [-0.05, 0) is 31.0 Å². The number of halogens is 1. The first kappa shape index (κ1) is 17.5. The number of sulfonamides is 1. The van der Waals surface area contributed by atoms with E-state index in [9.17, 15) is 13.2 Å². The van der Waals surface area contributed by atoms with Gasteiger partial charge in [0.1, 0.15) is 0 Å². The Labute approximate surface area is 148 Å². The van der Waals surface area contributed by atoms with Crippen molar-refractivity contribution in [3.8, 4) is 0 Å². The van der Waals surface area contributed by atoms with E-state index in [2.05, 4.69) is 7.05 Å². The number of carbonyl (C=O) groups excluding carboxylic acids is 1. The molecule has 2 saturated heterocycles. The molecular weight excluding hydrogens is 350 g/mol. The Balaban J connectivity index is 1.81. The zero-order chi connectivity index (χ0) is 17.3. The van der Waals surface area contributed by atoms with Crippen molar-refractivity contribution < 1.29 is 18.1 Å². The number of anilines is 1. The number of quaternary nitrogens is 1. The summed E-state index contributed by atoms with van der Waals surface area (Å²) in [6.07, 6.45) is 1.52. The summed E-state index contributed by atoms with van der Waals surface area (Å²) in [5.41, 5.74) is 0.980. The molecule has 2 aliphatic heterocycles. The SMILES string of the molecule is C[NH+]1CCN(C(=O)c2ccc(N3CCCCS3(=O)=O)cc2Cl)CC1. The highest BCUT2D eigenvalue weighted by molar-refractivity contribution is 7.92. The molecule has 8 heteroatoms. The minimum absolute atomic E-state index is 0.0828. The van der Waals surface area contributed by atoms with E-state index >= 15 is 0 Å². The second kappa shape index (κ2) is 6.90. The van der Waals surface area contributed by atoms with E-state index in [1.54, 1.807) is 18.2 Å². The summed E-state index contributed by atoms with van der Waals surface area (Å²) in [6, 6.07) is 4.93. The molecule has 1 aromatic carbocycles. The Morgan fingerprint density at radius 2 is 1.88 bits per heavy atom. The predicted octanol–water partition coefficient (Wildman–Crippen LogP) is 0.241. The molecule has 24 heavy (non-hydrogen) atoms. The maximum atomic E-state index is 12.6. The van der Waals surface area contributed by atoms with Gasteiger partial charge in [-0.25, -0.2) is 8.42 Å². The van der Waals surface area contributed by atoms with E-state index in [0.29, 0.717) is 42.3 Å². The van der Waals surface area contributed by atoms with Crippen LogP contribution in [0.4, 0.5) is 5.69 Å². The van der Waals surface area contributed by atoms with Crippen molar-refractivity contribution in [1.29, 1.82) is 0 Å². The average Bonchev–Trinajstić information content (AvgIpc) is 2.54. The molecular formula is C16H23ClN3O3S+. The molecule has 132 valence electrons. The number of hydrogen-bond acceptors (Lipinski definition) is 3. The van der Waals surface area contributed by atoms with Gasteiger partial charge in [-0.3, -0.25) is 9.10 Å².